The molecule has 0 aromatic heterocycles. The lowest BCUT2D eigenvalue weighted by molar-refractivity contribution is -0.385. The molecule has 1 aromatic rings. The maximum absolute atomic E-state index is 12.0. The SMILES string of the molecule is O=C(NC1(C(=O)O)CCC1)c1ccc(Br)c([N+](=O)[O-])c1. The van der Waals surface area contributed by atoms with Crippen LogP contribution in [0.2, 0.25) is 0 Å². The number of carboxylic acids is 1. The van der Waals surface area contributed by atoms with E-state index in [0.29, 0.717) is 12.8 Å². The van der Waals surface area contributed by atoms with Gasteiger partial charge in [-0.25, -0.2) is 4.79 Å². The number of amides is 1. The molecule has 7 nitrogen and oxygen atoms in total. The topological polar surface area (TPSA) is 110 Å². The van der Waals surface area contributed by atoms with Crippen molar-refractivity contribution in [3.63, 3.8) is 0 Å². The van der Waals surface area contributed by atoms with Crippen LogP contribution in [0.15, 0.2) is 22.7 Å². The lowest BCUT2D eigenvalue weighted by Crippen LogP contribution is -2.59. The Hall–Kier alpha value is -1.96. The number of nitro groups is 1. The van der Waals surface area contributed by atoms with Crippen molar-refractivity contribution in [2.75, 3.05) is 0 Å². The van der Waals surface area contributed by atoms with E-state index in [4.69, 9.17) is 5.11 Å². The Balaban J connectivity index is 2.24. The van der Waals surface area contributed by atoms with Gasteiger partial charge < -0.3 is 10.4 Å². The number of nitro benzene ring substituents is 1. The predicted octanol–water partition coefficient (Wildman–Crippen LogP) is 2.09. The molecule has 0 saturated heterocycles. The van der Waals surface area contributed by atoms with E-state index in [-0.39, 0.29) is 15.7 Å². The number of aliphatic carboxylic acids is 1. The molecule has 1 aliphatic carbocycles. The minimum atomic E-state index is -1.24. The summed E-state index contributed by atoms with van der Waals surface area (Å²) >= 11 is 3.02. The molecule has 2 N–H and O–H groups in total. The molecule has 0 radical (unpaired) electrons. The monoisotopic (exact) mass is 342 g/mol. The van der Waals surface area contributed by atoms with Gasteiger partial charge in [-0.05, 0) is 47.3 Å². The molecule has 0 spiro atoms. The van der Waals surface area contributed by atoms with Gasteiger partial charge in [-0.2, -0.15) is 0 Å². The second-order valence-electron chi connectivity index (χ2n) is 4.62. The molecule has 8 heteroatoms. The average molecular weight is 343 g/mol. The van der Waals surface area contributed by atoms with E-state index < -0.39 is 22.3 Å². The molecule has 20 heavy (non-hydrogen) atoms. The third-order valence-corrected chi connectivity index (χ3v) is 4.04. The second kappa shape index (κ2) is 5.20. The summed E-state index contributed by atoms with van der Waals surface area (Å²) in [5.41, 5.74) is -1.41. The first-order valence-corrected chi connectivity index (χ1v) is 6.65. The van der Waals surface area contributed by atoms with Gasteiger partial charge in [-0.1, -0.05) is 0 Å². The minimum absolute atomic E-state index is 0.0624. The number of rotatable bonds is 4. The molecule has 106 valence electrons. The van der Waals surface area contributed by atoms with Gasteiger partial charge in [0, 0.05) is 11.6 Å². The van der Waals surface area contributed by atoms with Gasteiger partial charge in [-0.15, -0.1) is 0 Å². The number of hydrogen-bond donors (Lipinski definition) is 2. The second-order valence-corrected chi connectivity index (χ2v) is 5.47. The van der Waals surface area contributed by atoms with Gasteiger partial charge in [0.2, 0.25) is 0 Å². The zero-order valence-electron chi connectivity index (χ0n) is 10.3. The first kappa shape index (κ1) is 14.4. The first-order chi connectivity index (χ1) is 9.35. The van der Waals surface area contributed by atoms with Crippen LogP contribution in [0, 0.1) is 10.1 Å². The summed E-state index contributed by atoms with van der Waals surface area (Å²) < 4.78 is 0.260. The van der Waals surface area contributed by atoms with Gasteiger partial charge in [0.25, 0.3) is 11.6 Å². The fourth-order valence-corrected chi connectivity index (χ4v) is 2.40. The highest BCUT2D eigenvalue weighted by atomic mass is 79.9. The smallest absolute Gasteiger partial charge is 0.329 e. The minimum Gasteiger partial charge on any atom is -0.480 e. The summed E-state index contributed by atoms with van der Waals surface area (Å²) in [4.78, 5) is 33.4. The Kier molecular flexibility index (Phi) is 3.76. The van der Waals surface area contributed by atoms with E-state index in [2.05, 4.69) is 21.2 Å². The van der Waals surface area contributed by atoms with Crippen molar-refractivity contribution in [2.45, 2.75) is 24.8 Å². The molecular formula is C12H11BrN2O5. The normalized spacial score (nSPS) is 16.1. The van der Waals surface area contributed by atoms with E-state index in [9.17, 15) is 19.7 Å². The van der Waals surface area contributed by atoms with Gasteiger partial charge in [0.05, 0.1) is 9.40 Å². The van der Waals surface area contributed by atoms with Crippen molar-refractivity contribution in [3.8, 4) is 0 Å². The number of nitrogens with zero attached hydrogens (tertiary/aromatic N) is 1. The molecular weight excluding hydrogens is 332 g/mol. The highest BCUT2D eigenvalue weighted by Crippen LogP contribution is 2.33. The molecule has 1 aliphatic rings. The molecule has 1 aromatic carbocycles. The molecule has 0 bridgehead atoms. The van der Waals surface area contributed by atoms with Crippen molar-refractivity contribution >= 4 is 33.5 Å². The summed E-state index contributed by atoms with van der Waals surface area (Å²) in [5, 5.41) is 22.4. The Labute approximate surface area is 122 Å². The third kappa shape index (κ3) is 2.51. The molecule has 0 aliphatic heterocycles. The van der Waals surface area contributed by atoms with Gasteiger partial charge in [-0.3, -0.25) is 14.9 Å². The summed E-state index contributed by atoms with van der Waals surface area (Å²) in [6.07, 6.45) is 1.46. The summed E-state index contributed by atoms with van der Waals surface area (Å²) in [5.74, 6) is -1.70. The zero-order valence-corrected chi connectivity index (χ0v) is 11.8. The van der Waals surface area contributed by atoms with E-state index >= 15 is 0 Å². The molecule has 0 heterocycles. The summed E-state index contributed by atoms with van der Waals surface area (Å²) in [6, 6.07) is 3.91. The average Bonchev–Trinajstić information content (AvgIpc) is 2.33. The number of carbonyl (C=O) groups is 2. The lowest BCUT2D eigenvalue weighted by Gasteiger charge is -2.38. The van der Waals surface area contributed by atoms with E-state index in [1.807, 2.05) is 0 Å². The fraction of sp³-hybridized carbons (Fsp3) is 0.333. The van der Waals surface area contributed by atoms with Crippen molar-refractivity contribution < 1.29 is 19.6 Å². The maximum Gasteiger partial charge on any atom is 0.329 e. The number of hydrogen-bond acceptors (Lipinski definition) is 4. The van der Waals surface area contributed by atoms with Crippen molar-refractivity contribution in [1.82, 2.24) is 5.32 Å². The van der Waals surface area contributed by atoms with Gasteiger partial charge >= 0.3 is 5.97 Å². The Morgan fingerprint density at radius 3 is 2.50 bits per heavy atom. The molecule has 1 fully saturated rings. The number of nitrogens with one attached hydrogen (secondary N) is 1. The maximum atomic E-state index is 12.0. The van der Waals surface area contributed by atoms with Crippen LogP contribution >= 0.6 is 15.9 Å². The quantitative estimate of drug-likeness (QED) is 0.643. The highest BCUT2D eigenvalue weighted by molar-refractivity contribution is 9.10. The van der Waals surface area contributed by atoms with Crippen LogP contribution < -0.4 is 5.32 Å². The number of carboxylic acid groups (broad SMARTS) is 1. The van der Waals surface area contributed by atoms with Crippen molar-refractivity contribution in [1.29, 1.82) is 0 Å². The Morgan fingerprint density at radius 2 is 2.05 bits per heavy atom. The predicted molar refractivity (Wildman–Crippen MR) is 72.5 cm³/mol. The van der Waals surface area contributed by atoms with Crippen LogP contribution in [0.25, 0.3) is 0 Å². The van der Waals surface area contributed by atoms with Crippen molar-refractivity contribution in [3.05, 3.63) is 38.3 Å². The van der Waals surface area contributed by atoms with E-state index in [1.165, 1.54) is 12.1 Å². The highest BCUT2D eigenvalue weighted by Gasteiger charge is 2.45. The first-order valence-electron chi connectivity index (χ1n) is 5.85. The van der Waals surface area contributed by atoms with E-state index in [0.717, 1.165) is 12.5 Å². The number of halogens is 1. The largest absolute Gasteiger partial charge is 0.480 e. The van der Waals surface area contributed by atoms with Crippen LogP contribution in [-0.2, 0) is 4.79 Å². The molecule has 1 saturated carbocycles. The zero-order chi connectivity index (χ0) is 14.9. The molecule has 2 rings (SSSR count). The van der Waals surface area contributed by atoms with Crippen LogP contribution in [0.1, 0.15) is 29.6 Å². The summed E-state index contributed by atoms with van der Waals surface area (Å²) in [7, 11) is 0. The van der Waals surface area contributed by atoms with Crippen LogP contribution in [0.3, 0.4) is 0 Å². The summed E-state index contributed by atoms with van der Waals surface area (Å²) in [6.45, 7) is 0. The number of benzene rings is 1. The molecule has 1 amide bonds. The Bertz CT molecular complexity index is 598. The molecule has 0 unspecified atom stereocenters. The van der Waals surface area contributed by atoms with Gasteiger partial charge in [0.15, 0.2) is 0 Å². The standard InChI is InChI=1S/C12H11BrN2O5/c13-8-3-2-7(6-9(8)15(19)20)10(16)14-12(11(17)18)4-1-5-12/h2-3,6H,1,4-5H2,(H,14,16)(H,17,18). The Morgan fingerprint density at radius 1 is 1.40 bits per heavy atom. The van der Waals surface area contributed by atoms with E-state index in [1.54, 1.807) is 0 Å². The molecule has 0 atom stereocenters. The lowest BCUT2D eigenvalue weighted by atomic mass is 9.76. The van der Waals surface area contributed by atoms with Crippen molar-refractivity contribution in [2.24, 2.45) is 0 Å². The third-order valence-electron chi connectivity index (χ3n) is 3.37. The van der Waals surface area contributed by atoms with Crippen LogP contribution in [0.4, 0.5) is 5.69 Å². The van der Waals surface area contributed by atoms with Gasteiger partial charge in [0.1, 0.15) is 5.54 Å². The van der Waals surface area contributed by atoms with Crippen LogP contribution in [-0.4, -0.2) is 27.4 Å². The fourth-order valence-electron chi connectivity index (χ4n) is 2.01. The van der Waals surface area contributed by atoms with Crippen LogP contribution in [0.5, 0.6) is 0 Å². The number of carbonyl (C=O) groups excluding carboxylic acids is 1.